The minimum atomic E-state index is -0.465. The van der Waals surface area contributed by atoms with Crippen molar-refractivity contribution in [2.75, 3.05) is 0 Å². The van der Waals surface area contributed by atoms with Crippen LogP contribution in [-0.4, -0.2) is 10.8 Å². The Labute approximate surface area is 128 Å². The van der Waals surface area contributed by atoms with Crippen LogP contribution in [0.5, 0.6) is 0 Å². The zero-order valence-electron chi connectivity index (χ0n) is 10.7. The molecule has 3 nitrogen and oxygen atoms in total. The molecule has 21 heavy (non-hydrogen) atoms. The maximum absolute atomic E-state index is 13.3. The van der Waals surface area contributed by atoms with Gasteiger partial charge in [0.15, 0.2) is 5.78 Å². The maximum Gasteiger partial charge on any atom is 0.196 e. The molecular weight excluding hydrogens is 335 g/mol. The van der Waals surface area contributed by atoms with Gasteiger partial charge < -0.3 is 4.98 Å². The Morgan fingerprint density at radius 2 is 2.00 bits per heavy atom. The number of H-pyrrole nitrogens is 1. The highest BCUT2D eigenvalue weighted by atomic mass is 79.9. The highest BCUT2D eigenvalue weighted by molar-refractivity contribution is 9.10. The van der Waals surface area contributed by atoms with Gasteiger partial charge in [0.25, 0.3) is 0 Å². The standard InChI is InChI=1S/C16H8BrFN2O/c17-14-4-2-10(18)6-12(14)16(21)13-8-20-15-5-9(7-19)1-3-11(13)15/h1-6,8,20H. The average Bonchev–Trinajstić information content (AvgIpc) is 2.91. The molecule has 0 amide bonds. The topological polar surface area (TPSA) is 56.6 Å². The molecular formula is C16H8BrFN2O. The van der Waals surface area contributed by atoms with E-state index < -0.39 is 5.82 Å². The molecule has 0 atom stereocenters. The fourth-order valence-electron chi connectivity index (χ4n) is 2.20. The average molecular weight is 343 g/mol. The van der Waals surface area contributed by atoms with Crippen molar-refractivity contribution in [3.8, 4) is 6.07 Å². The summed E-state index contributed by atoms with van der Waals surface area (Å²) in [5, 5.41) is 9.58. The lowest BCUT2D eigenvalue weighted by Gasteiger charge is -2.03. The van der Waals surface area contributed by atoms with Crippen molar-refractivity contribution in [1.29, 1.82) is 5.26 Å². The molecule has 0 saturated carbocycles. The minimum Gasteiger partial charge on any atom is -0.360 e. The number of rotatable bonds is 2. The molecule has 3 rings (SSSR count). The number of aromatic amines is 1. The Morgan fingerprint density at radius 1 is 1.19 bits per heavy atom. The summed E-state index contributed by atoms with van der Waals surface area (Å²) in [7, 11) is 0. The number of nitriles is 1. The van der Waals surface area contributed by atoms with E-state index in [2.05, 4.69) is 20.9 Å². The van der Waals surface area contributed by atoms with Crippen molar-refractivity contribution >= 4 is 32.6 Å². The van der Waals surface area contributed by atoms with Crippen LogP contribution in [0.25, 0.3) is 10.9 Å². The van der Waals surface area contributed by atoms with E-state index in [9.17, 15) is 9.18 Å². The second kappa shape index (κ2) is 5.15. The molecule has 102 valence electrons. The van der Waals surface area contributed by atoms with Crippen molar-refractivity contribution in [1.82, 2.24) is 4.98 Å². The molecule has 1 heterocycles. The number of carbonyl (C=O) groups excluding carboxylic acids is 1. The van der Waals surface area contributed by atoms with Crippen LogP contribution in [0.1, 0.15) is 21.5 Å². The molecule has 0 aliphatic rings. The summed E-state index contributed by atoms with van der Waals surface area (Å²) in [6.07, 6.45) is 1.57. The van der Waals surface area contributed by atoms with Crippen molar-refractivity contribution in [2.24, 2.45) is 0 Å². The second-order valence-electron chi connectivity index (χ2n) is 4.53. The van der Waals surface area contributed by atoms with E-state index >= 15 is 0 Å². The first-order chi connectivity index (χ1) is 10.1. The summed E-state index contributed by atoms with van der Waals surface area (Å²) >= 11 is 3.26. The summed E-state index contributed by atoms with van der Waals surface area (Å²) in [5.41, 5.74) is 1.92. The number of hydrogen-bond acceptors (Lipinski definition) is 2. The van der Waals surface area contributed by atoms with Crippen LogP contribution < -0.4 is 0 Å². The number of ketones is 1. The predicted octanol–water partition coefficient (Wildman–Crippen LogP) is 4.17. The molecule has 0 radical (unpaired) electrons. The van der Waals surface area contributed by atoms with E-state index in [1.165, 1.54) is 18.2 Å². The van der Waals surface area contributed by atoms with Crippen molar-refractivity contribution < 1.29 is 9.18 Å². The molecule has 0 bridgehead atoms. The van der Waals surface area contributed by atoms with Crippen LogP contribution in [0.4, 0.5) is 4.39 Å². The largest absolute Gasteiger partial charge is 0.360 e. The van der Waals surface area contributed by atoms with Crippen LogP contribution in [0.2, 0.25) is 0 Å². The van der Waals surface area contributed by atoms with E-state index in [0.29, 0.717) is 26.5 Å². The zero-order chi connectivity index (χ0) is 15.0. The predicted molar refractivity (Wildman–Crippen MR) is 80.5 cm³/mol. The highest BCUT2D eigenvalue weighted by Gasteiger charge is 2.17. The van der Waals surface area contributed by atoms with E-state index in [1.807, 2.05) is 6.07 Å². The maximum atomic E-state index is 13.3. The molecule has 3 aromatic rings. The summed E-state index contributed by atoms with van der Waals surface area (Å²) in [5.74, 6) is -0.745. The van der Waals surface area contributed by atoms with Gasteiger partial charge in [0, 0.05) is 32.7 Å². The summed E-state index contributed by atoms with van der Waals surface area (Å²) in [6, 6.07) is 11.1. The number of carbonyl (C=O) groups is 1. The number of nitrogens with one attached hydrogen (secondary N) is 1. The molecule has 0 aliphatic carbocycles. The quantitative estimate of drug-likeness (QED) is 0.710. The number of halogens is 2. The van der Waals surface area contributed by atoms with Gasteiger partial charge in [-0.25, -0.2) is 4.39 Å². The van der Waals surface area contributed by atoms with Gasteiger partial charge in [-0.2, -0.15) is 5.26 Å². The molecule has 1 aromatic heterocycles. The van der Waals surface area contributed by atoms with Crippen LogP contribution in [0, 0.1) is 17.1 Å². The first kappa shape index (κ1) is 13.5. The van der Waals surface area contributed by atoms with Crippen LogP contribution in [-0.2, 0) is 0 Å². The lowest BCUT2D eigenvalue weighted by molar-refractivity contribution is 0.103. The molecule has 0 unspecified atom stereocenters. The third kappa shape index (κ3) is 2.34. The molecule has 2 aromatic carbocycles. The molecule has 1 N–H and O–H groups in total. The van der Waals surface area contributed by atoms with Gasteiger partial charge in [0.05, 0.1) is 11.6 Å². The first-order valence-electron chi connectivity index (χ1n) is 6.11. The smallest absolute Gasteiger partial charge is 0.196 e. The van der Waals surface area contributed by atoms with Crippen molar-refractivity contribution in [3.05, 3.63) is 69.6 Å². The van der Waals surface area contributed by atoms with Crippen molar-refractivity contribution in [2.45, 2.75) is 0 Å². The first-order valence-corrected chi connectivity index (χ1v) is 6.90. The van der Waals surface area contributed by atoms with Gasteiger partial charge in [-0.05, 0) is 30.3 Å². The number of fused-ring (bicyclic) bond motifs is 1. The fourth-order valence-corrected chi connectivity index (χ4v) is 2.63. The van der Waals surface area contributed by atoms with Crippen LogP contribution >= 0.6 is 15.9 Å². The summed E-state index contributed by atoms with van der Waals surface area (Å²) in [6.45, 7) is 0. The Hall–Kier alpha value is -2.45. The molecule has 0 saturated heterocycles. The third-order valence-corrected chi connectivity index (χ3v) is 3.92. The lowest BCUT2D eigenvalue weighted by Crippen LogP contribution is -2.02. The monoisotopic (exact) mass is 342 g/mol. The van der Waals surface area contributed by atoms with Gasteiger partial charge in [-0.3, -0.25) is 4.79 Å². The van der Waals surface area contributed by atoms with E-state index in [0.717, 1.165) is 0 Å². The Bertz CT molecular complexity index is 908. The Kier molecular flexibility index (Phi) is 3.32. The minimum absolute atomic E-state index is 0.264. The number of hydrogen-bond donors (Lipinski definition) is 1. The van der Waals surface area contributed by atoms with E-state index in [-0.39, 0.29) is 11.3 Å². The van der Waals surface area contributed by atoms with Crippen molar-refractivity contribution in [3.63, 3.8) is 0 Å². The Balaban J connectivity index is 2.14. The Morgan fingerprint density at radius 3 is 2.76 bits per heavy atom. The SMILES string of the molecule is N#Cc1ccc2c(C(=O)c3cc(F)ccc3Br)c[nH]c2c1. The number of aromatic nitrogens is 1. The van der Waals surface area contributed by atoms with E-state index in [1.54, 1.807) is 24.4 Å². The number of benzene rings is 2. The molecule has 0 aliphatic heterocycles. The van der Waals surface area contributed by atoms with Gasteiger partial charge in [0.1, 0.15) is 5.82 Å². The molecule has 5 heteroatoms. The summed E-state index contributed by atoms with van der Waals surface area (Å²) in [4.78, 5) is 15.5. The fraction of sp³-hybridized carbons (Fsp3) is 0. The van der Waals surface area contributed by atoms with Gasteiger partial charge in [-0.15, -0.1) is 0 Å². The van der Waals surface area contributed by atoms with Crippen LogP contribution in [0.15, 0.2) is 47.1 Å². The molecule has 0 fully saturated rings. The lowest BCUT2D eigenvalue weighted by atomic mass is 10.0. The third-order valence-electron chi connectivity index (χ3n) is 3.23. The van der Waals surface area contributed by atoms with Crippen LogP contribution in [0.3, 0.4) is 0 Å². The summed E-state index contributed by atoms with van der Waals surface area (Å²) < 4.78 is 13.9. The highest BCUT2D eigenvalue weighted by Crippen LogP contribution is 2.26. The van der Waals surface area contributed by atoms with Gasteiger partial charge in [-0.1, -0.05) is 22.0 Å². The van der Waals surface area contributed by atoms with E-state index in [4.69, 9.17) is 5.26 Å². The van der Waals surface area contributed by atoms with Gasteiger partial charge >= 0.3 is 0 Å². The zero-order valence-corrected chi connectivity index (χ0v) is 12.2. The second-order valence-corrected chi connectivity index (χ2v) is 5.38. The number of nitrogens with zero attached hydrogens (tertiary/aromatic N) is 1. The normalized spacial score (nSPS) is 10.5. The van der Waals surface area contributed by atoms with Gasteiger partial charge in [0.2, 0.25) is 0 Å². The molecule has 0 spiro atoms.